The molecule has 0 unspecified atom stereocenters. The number of ketones is 1. The van der Waals surface area contributed by atoms with E-state index in [0.717, 1.165) is 113 Å². The van der Waals surface area contributed by atoms with Crippen molar-refractivity contribution < 1.29 is 70.2 Å². The Hall–Kier alpha value is -13.6. The van der Waals surface area contributed by atoms with Gasteiger partial charge in [-0.1, -0.05) is 140 Å². The van der Waals surface area contributed by atoms with Crippen molar-refractivity contribution in [2.75, 3.05) is 0 Å². The van der Waals surface area contributed by atoms with Crippen molar-refractivity contribution in [2.24, 2.45) is 0 Å². The Balaban J connectivity index is 0.000000184. The molecule has 0 atom stereocenters. The van der Waals surface area contributed by atoms with Gasteiger partial charge in [-0.15, -0.1) is 287 Å². The molecule has 0 aliphatic carbocycles. The Kier molecular flexibility index (Phi) is 42.1. The van der Waals surface area contributed by atoms with E-state index in [0.29, 0.717) is 0 Å². The second kappa shape index (κ2) is 54.2. The van der Waals surface area contributed by atoms with Gasteiger partial charge in [-0.3, -0.25) is 14.8 Å². The minimum absolute atomic E-state index is 0. The van der Waals surface area contributed by atoms with Crippen LogP contribution in [0.25, 0.3) is 113 Å². The Morgan fingerprint density at radius 3 is 0.593 bits per heavy atom. The van der Waals surface area contributed by atoms with Crippen molar-refractivity contribution >= 4 is 5.78 Å². The third-order valence-electron chi connectivity index (χ3n) is 15.8. The van der Waals surface area contributed by atoms with E-state index in [9.17, 15) is 4.79 Å². The fourth-order valence-corrected chi connectivity index (χ4v) is 10.4. The largest absolute Gasteiger partial charge is 3.00 e. The minimum atomic E-state index is -0.125. The van der Waals surface area contributed by atoms with Gasteiger partial charge in [0.1, 0.15) is 6.33 Å². The maximum absolute atomic E-state index is 10.0. The molecule has 0 fully saturated rings. The summed E-state index contributed by atoms with van der Waals surface area (Å²) in [6.45, 7) is 2.85. The fraction of sp³-hybridized carbons (Fsp3) is 0.0194. The fourth-order valence-electron chi connectivity index (χ4n) is 10.4. The summed E-state index contributed by atoms with van der Waals surface area (Å²) < 4.78 is 0. The first-order valence-electron chi connectivity index (χ1n) is 36.7. The molecule has 18 aromatic rings. The average Bonchev–Trinajstić information content (AvgIpc) is 0.841. The van der Waals surface area contributed by atoms with Gasteiger partial charge < -0.3 is 35.0 Å². The molecule has 10 aromatic carbocycles. The Morgan fingerprint density at radius 2 is 0.424 bits per heavy atom. The zero-order valence-corrected chi connectivity index (χ0v) is 71.5. The van der Waals surface area contributed by atoms with Crippen LogP contribution in [0.5, 0.6) is 0 Å². The quantitative estimate of drug-likeness (QED) is 0.0741. The summed E-state index contributed by atoms with van der Waals surface area (Å²) in [5.41, 5.74) is 19.9. The number of allylic oxidation sites excluding steroid dienone is 2. The van der Waals surface area contributed by atoms with Gasteiger partial charge in [-0.2, -0.15) is 0 Å². The molecule has 15 heteroatoms. The van der Waals surface area contributed by atoms with Crippen LogP contribution in [0.15, 0.2) is 438 Å². The molecule has 12 nitrogen and oxygen atoms in total. The molecule has 18 rings (SSSR count). The summed E-state index contributed by atoms with van der Waals surface area (Å²) in [4.78, 5) is 52.5. The SMILES string of the molecule is CC(=O)C=C(C)O.[Ir+3].[Ir+3].[Ir].[c-]1ccccc1-c1cc(-c2[c-]cccc2)ncn1.[c-]1ccccc1-c1ccccn1.[c-]1ccccc1-c1ccccn1.[c-]1ccccc1-c1ccccn1.[c-]1ccccc1-c1ccccn1.[c-]1ccccc1-c1ccccn1.[c-]1ccccc1-c1ccccn1.c1ccc(-c2cc(-c3ccccc3)ncn2)cc1. The molecule has 8 heterocycles. The molecule has 581 valence electrons. The summed E-state index contributed by atoms with van der Waals surface area (Å²) in [6, 6.07) is 147. The summed E-state index contributed by atoms with van der Waals surface area (Å²) in [5, 5.41) is 8.36. The van der Waals surface area contributed by atoms with Crippen LogP contribution >= 0.6 is 0 Å². The van der Waals surface area contributed by atoms with Crippen LogP contribution in [0.3, 0.4) is 0 Å². The van der Waals surface area contributed by atoms with Gasteiger partial charge >= 0.3 is 40.2 Å². The third-order valence-corrected chi connectivity index (χ3v) is 15.8. The number of benzene rings is 10. The first-order valence-corrected chi connectivity index (χ1v) is 36.7. The number of carbonyl (C=O) groups excluding carboxylic acids is 1. The minimum Gasteiger partial charge on any atom is -0.512 e. The number of nitrogens with zero attached hydrogens (tertiary/aromatic N) is 10. The van der Waals surface area contributed by atoms with Gasteiger partial charge in [0.2, 0.25) is 0 Å². The molecule has 8 aromatic heterocycles. The van der Waals surface area contributed by atoms with Crippen LogP contribution in [-0.4, -0.2) is 60.7 Å². The number of hydrogen-bond acceptors (Lipinski definition) is 12. The molecule has 0 spiro atoms. The van der Waals surface area contributed by atoms with Crippen molar-refractivity contribution in [1.29, 1.82) is 0 Å². The van der Waals surface area contributed by atoms with Crippen molar-refractivity contribution in [3.05, 3.63) is 486 Å². The van der Waals surface area contributed by atoms with E-state index in [4.69, 9.17) is 5.11 Å². The van der Waals surface area contributed by atoms with Crippen LogP contribution in [0.1, 0.15) is 13.8 Å². The summed E-state index contributed by atoms with van der Waals surface area (Å²) >= 11 is 0. The molecule has 1 N–H and O–H groups in total. The van der Waals surface area contributed by atoms with Crippen LogP contribution in [0.4, 0.5) is 0 Å². The van der Waals surface area contributed by atoms with E-state index in [2.05, 4.69) is 123 Å². The molecule has 1 radical (unpaired) electrons. The zero-order chi connectivity index (χ0) is 79.6. The van der Waals surface area contributed by atoms with Crippen molar-refractivity contribution in [3.8, 4) is 113 Å². The van der Waals surface area contributed by atoms with E-state index >= 15 is 0 Å². The molecule has 0 aliphatic rings. The summed E-state index contributed by atoms with van der Waals surface area (Å²) in [7, 11) is 0. The van der Waals surface area contributed by atoms with Gasteiger partial charge in [-0.05, 0) is 102 Å². The van der Waals surface area contributed by atoms with E-state index in [-0.39, 0.29) is 71.9 Å². The van der Waals surface area contributed by atoms with Gasteiger partial charge in [0.25, 0.3) is 0 Å². The topological polar surface area (TPSA) is 166 Å². The molecular formula is C103H78Ir3N10O2-2. The van der Waals surface area contributed by atoms with E-state index in [1.54, 1.807) is 49.8 Å². The van der Waals surface area contributed by atoms with Gasteiger partial charge in [0.15, 0.2) is 5.78 Å². The number of aromatic nitrogens is 10. The first kappa shape index (κ1) is 91.6. The van der Waals surface area contributed by atoms with Gasteiger partial charge in [-0.25, -0.2) is 9.97 Å². The predicted molar refractivity (Wildman–Crippen MR) is 462 cm³/mol. The first-order chi connectivity index (χ1) is 56.8. The molecule has 0 bridgehead atoms. The second-order valence-electron chi connectivity index (χ2n) is 24.2. The van der Waals surface area contributed by atoms with Crippen LogP contribution in [0.2, 0.25) is 0 Å². The standard InChI is InChI=1S/C16H12N2.C16H10N2.6C11H8N.C5H8O2.3Ir/c2*1-3-7-13(8-4-1)15-11-16(18-12-17-15)14-9-5-2-6-10-14;6*1-2-6-10(7-3-1)11-8-4-5-9-12-11;1-4(6)3-5(2)7;;;/h1-12H;1-7,9,11-12H;6*1-6,8-9H;3,6H,1-2H3;;;/q;-2;6*-1;;;2*+3. The smallest absolute Gasteiger partial charge is 0.512 e. The number of carbonyl (C=O) groups is 1. The zero-order valence-electron chi connectivity index (χ0n) is 64.3. The van der Waals surface area contributed by atoms with E-state index < -0.39 is 0 Å². The molecule has 0 amide bonds. The van der Waals surface area contributed by atoms with Crippen LogP contribution in [0, 0.1) is 48.5 Å². The van der Waals surface area contributed by atoms with E-state index in [1.165, 1.54) is 19.9 Å². The second-order valence-corrected chi connectivity index (χ2v) is 24.2. The molecule has 118 heavy (non-hydrogen) atoms. The van der Waals surface area contributed by atoms with Crippen molar-refractivity contribution in [1.82, 2.24) is 49.8 Å². The van der Waals surface area contributed by atoms with Crippen LogP contribution in [-0.2, 0) is 65.1 Å². The average molecular weight is 2060 g/mol. The normalized spacial score (nSPS) is 9.69. The van der Waals surface area contributed by atoms with Crippen molar-refractivity contribution in [3.63, 3.8) is 0 Å². The number of aliphatic hydroxyl groups excluding tert-OH is 1. The monoisotopic (exact) mass is 2070 g/mol. The Bertz CT molecular complexity index is 4610. The third kappa shape index (κ3) is 33.1. The maximum atomic E-state index is 10.0. The van der Waals surface area contributed by atoms with Gasteiger partial charge in [0.05, 0.1) is 23.5 Å². The van der Waals surface area contributed by atoms with Gasteiger partial charge in [0, 0.05) is 74.5 Å². The summed E-state index contributed by atoms with van der Waals surface area (Å²) in [6.07, 6.45) is 15.1. The van der Waals surface area contributed by atoms with Crippen LogP contribution < -0.4 is 0 Å². The predicted octanol–water partition coefficient (Wildman–Crippen LogP) is 23.5. The van der Waals surface area contributed by atoms with E-state index in [1.807, 2.05) is 352 Å². The maximum Gasteiger partial charge on any atom is 3.00 e. The van der Waals surface area contributed by atoms with Crippen molar-refractivity contribution in [2.45, 2.75) is 13.8 Å². The number of pyridine rings is 6. The molecule has 0 aliphatic heterocycles. The summed E-state index contributed by atoms with van der Waals surface area (Å²) in [5.74, 6) is -0.0625. The molecular weight excluding hydrogens is 1990 g/mol. The molecule has 0 saturated heterocycles. The number of hydrogen-bond donors (Lipinski definition) is 1. The number of rotatable bonds is 11. The number of aliphatic hydroxyl groups is 1. The molecule has 0 saturated carbocycles. The Morgan fingerprint density at radius 1 is 0.237 bits per heavy atom. The Labute approximate surface area is 732 Å².